The van der Waals surface area contributed by atoms with E-state index in [1.165, 1.54) is 23.9 Å². The van der Waals surface area contributed by atoms with E-state index < -0.39 is 0 Å². The van der Waals surface area contributed by atoms with Crippen LogP contribution in [0.15, 0.2) is 50.9 Å². The van der Waals surface area contributed by atoms with Crippen molar-refractivity contribution >= 4 is 22.7 Å². The van der Waals surface area contributed by atoms with E-state index in [1.54, 1.807) is 28.8 Å². The zero-order chi connectivity index (χ0) is 20.9. The molecule has 0 atom stereocenters. The Hall–Kier alpha value is -3.40. The summed E-state index contributed by atoms with van der Waals surface area (Å²) in [5, 5.41) is 5.07. The maximum absolute atomic E-state index is 13.2. The Morgan fingerprint density at radius 1 is 1.10 bits per heavy atom. The molecule has 2 aliphatic rings. The maximum Gasteiger partial charge on any atom is 0.262 e. The van der Waals surface area contributed by atoms with Crippen LogP contribution in [0.5, 0.6) is 11.5 Å². The highest BCUT2D eigenvalue weighted by Gasteiger charge is 2.29. The highest BCUT2D eigenvalue weighted by Crippen LogP contribution is 2.39. The van der Waals surface area contributed by atoms with Crippen molar-refractivity contribution in [3.05, 3.63) is 58.5 Å². The summed E-state index contributed by atoms with van der Waals surface area (Å²) in [4.78, 5) is 22.3. The van der Waals surface area contributed by atoms with Crippen molar-refractivity contribution in [2.24, 2.45) is 0 Å². The lowest BCUT2D eigenvalue weighted by Gasteiger charge is -2.12. The first-order valence-electron chi connectivity index (χ1n) is 9.73. The van der Waals surface area contributed by atoms with Gasteiger partial charge in [-0.15, -0.1) is 0 Å². The quantitative estimate of drug-likeness (QED) is 0.342. The third kappa shape index (κ3) is 3.32. The molecule has 0 saturated heterocycles. The highest BCUT2D eigenvalue weighted by atomic mass is 32.2. The Kier molecular flexibility index (Phi) is 4.20. The van der Waals surface area contributed by atoms with Crippen molar-refractivity contribution in [3.8, 4) is 22.9 Å². The number of hydrogen-bond donors (Lipinski definition) is 0. The van der Waals surface area contributed by atoms with Crippen molar-refractivity contribution in [3.63, 3.8) is 0 Å². The van der Waals surface area contributed by atoms with Gasteiger partial charge in [-0.1, -0.05) is 16.9 Å². The highest BCUT2D eigenvalue weighted by molar-refractivity contribution is 7.98. The Balaban J connectivity index is 1.32. The molecule has 0 bridgehead atoms. The number of nitrogens with zero attached hydrogens (tertiary/aromatic N) is 4. The smallest absolute Gasteiger partial charge is 0.262 e. The van der Waals surface area contributed by atoms with Crippen LogP contribution in [0.2, 0.25) is 0 Å². The minimum absolute atomic E-state index is 0.0918. The average molecular weight is 438 g/mol. The molecular formula is C21H15FN4O4S. The third-order valence-electron chi connectivity index (χ3n) is 5.17. The van der Waals surface area contributed by atoms with E-state index in [0.29, 0.717) is 50.6 Å². The normalized spacial score (nSPS) is 15.0. The number of rotatable bonds is 5. The molecule has 1 aliphatic carbocycles. The zero-order valence-electron chi connectivity index (χ0n) is 16.1. The molecule has 2 aromatic heterocycles. The molecular weight excluding hydrogens is 423 g/mol. The predicted octanol–water partition coefficient (Wildman–Crippen LogP) is 3.94. The number of benzene rings is 2. The van der Waals surface area contributed by atoms with Gasteiger partial charge in [0.15, 0.2) is 16.7 Å². The molecule has 0 radical (unpaired) electrons. The van der Waals surface area contributed by atoms with Gasteiger partial charge in [0.05, 0.1) is 16.7 Å². The molecule has 0 N–H and O–H groups in total. The van der Waals surface area contributed by atoms with Gasteiger partial charge in [0.25, 0.3) is 5.56 Å². The number of fused-ring (bicyclic) bond motifs is 2. The number of ether oxygens (including phenoxy) is 2. The van der Waals surface area contributed by atoms with Gasteiger partial charge < -0.3 is 14.0 Å². The number of thioether (sulfide) groups is 1. The van der Waals surface area contributed by atoms with Crippen LogP contribution >= 0.6 is 11.8 Å². The van der Waals surface area contributed by atoms with Crippen LogP contribution in [0.3, 0.4) is 0 Å². The van der Waals surface area contributed by atoms with E-state index in [9.17, 15) is 9.18 Å². The number of hydrogen-bond acceptors (Lipinski definition) is 8. The molecule has 0 unspecified atom stereocenters. The van der Waals surface area contributed by atoms with Gasteiger partial charge in [-0.2, -0.15) is 4.98 Å². The molecule has 0 amide bonds. The SMILES string of the molecule is O=c1c2cc3c(cc2nc(SCc2nc(-c4ccc(F)cc4)no2)n1C1CC1)OCO3. The average Bonchev–Trinajstić information content (AvgIpc) is 3.30. The molecule has 1 saturated carbocycles. The monoisotopic (exact) mass is 438 g/mol. The summed E-state index contributed by atoms with van der Waals surface area (Å²) in [6.45, 7) is 0.137. The Labute approximate surface area is 179 Å². The molecule has 1 fully saturated rings. The van der Waals surface area contributed by atoms with Crippen molar-refractivity contribution in [2.45, 2.75) is 29.8 Å². The van der Waals surface area contributed by atoms with Gasteiger partial charge >= 0.3 is 0 Å². The lowest BCUT2D eigenvalue weighted by molar-refractivity contribution is 0.174. The van der Waals surface area contributed by atoms with Gasteiger partial charge in [-0.25, -0.2) is 9.37 Å². The summed E-state index contributed by atoms with van der Waals surface area (Å²) in [6, 6.07) is 9.47. The molecule has 156 valence electrons. The molecule has 6 rings (SSSR count). The van der Waals surface area contributed by atoms with E-state index >= 15 is 0 Å². The van der Waals surface area contributed by atoms with Crippen LogP contribution in [0.25, 0.3) is 22.3 Å². The van der Waals surface area contributed by atoms with Gasteiger partial charge in [-0.3, -0.25) is 9.36 Å². The fraction of sp³-hybridized carbons (Fsp3) is 0.238. The van der Waals surface area contributed by atoms with Gasteiger partial charge in [0.1, 0.15) is 5.82 Å². The van der Waals surface area contributed by atoms with E-state index in [4.69, 9.17) is 19.0 Å². The largest absolute Gasteiger partial charge is 0.454 e. The summed E-state index contributed by atoms with van der Waals surface area (Å²) >= 11 is 1.37. The summed E-state index contributed by atoms with van der Waals surface area (Å²) in [7, 11) is 0. The fourth-order valence-corrected chi connectivity index (χ4v) is 4.38. The minimum Gasteiger partial charge on any atom is -0.454 e. The second kappa shape index (κ2) is 7.09. The number of halogens is 1. The summed E-state index contributed by atoms with van der Waals surface area (Å²) in [5.74, 6) is 1.95. The molecule has 31 heavy (non-hydrogen) atoms. The van der Waals surface area contributed by atoms with Crippen molar-refractivity contribution < 1.29 is 18.4 Å². The third-order valence-corrected chi connectivity index (χ3v) is 6.11. The zero-order valence-corrected chi connectivity index (χ0v) is 16.9. The van der Waals surface area contributed by atoms with Crippen LogP contribution in [-0.4, -0.2) is 26.5 Å². The number of aromatic nitrogens is 4. The van der Waals surface area contributed by atoms with Crippen molar-refractivity contribution in [1.82, 2.24) is 19.7 Å². The lowest BCUT2D eigenvalue weighted by Crippen LogP contribution is -2.22. The van der Waals surface area contributed by atoms with E-state index in [2.05, 4.69) is 10.1 Å². The molecule has 0 spiro atoms. The standard InChI is InChI=1S/C21H15FN4O4S/c22-12-3-1-11(2-4-12)19-24-18(30-25-19)9-31-21-23-15-8-17-16(28-10-29-17)7-14(15)20(27)26(21)13-5-6-13/h1-4,7-8,13H,5-6,9-10H2. The fourth-order valence-electron chi connectivity index (χ4n) is 3.48. The van der Waals surface area contributed by atoms with E-state index in [-0.39, 0.29) is 24.2 Å². The van der Waals surface area contributed by atoms with Crippen LogP contribution < -0.4 is 15.0 Å². The van der Waals surface area contributed by atoms with Crippen molar-refractivity contribution in [1.29, 1.82) is 0 Å². The molecule has 1 aliphatic heterocycles. The van der Waals surface area contributed by atoms with E-state index in [0.717, 1.165) is 12.8 Å². The maximum atomic E-state index is 13.2. The molecule has 4 aromatic rings. The van der Waals surface area contributed by atoms with Crippen LogP contribution in [0.1, 0.15) is 24.8 Å². The minimum atomic E-state index is -0.328. The van der Waals surface area contributed by atoms with Crippen LogP contribution in [-0.2, 0) is 5.75 Å². The topological polar surface area (TPSA) is 92.3 Å². The first kappa shape index (κ1) is 18.4. The predicted molar refractivity (Wildman–Crippen MR) is 110 cm³/mol. The van der Waals surface area contributed by atoms with Gasteiger partial charge in [-0.05, 0) is 43.2 Å². The second-order valence-corrected chi connectivity index (χ2v) is 8.27. The second-order valence-electron chi connectivity index (χ2n) is 7.33. The van der Waals surface area contributed by atoms with Gasteiger partial charge in [0, 0.05) is 17.7 Å². The Bertz CT molecular complexity index is 1360. The molecule has 8 nitrogen and oxygen atoms in total. The summed E-state index contributed by atoms with van der Waals surface area (Å²) in [5.41, 5.74) is 1.13. The molecule has 10 heteroatoms. The summed E-state index contributed by atoms with van der Waals surface area (Å²) in [6.07, 6.45) is 1.89. The lowest BCUT2D eigenvalue weighted by atomic mass is 10.2. The molecule has 2 aromatic carbocycles. The Morgan fingerprint density at radius 2 is 1.87 bits per heavy atom. The van der Waals surface area contributed by atoms with Crippen molar-refractivity contribution in [2.75, 3.05) is 6.79 Å². The summed E-state index contributed by atoms with van der Waals surface area (Å²) < 4.78 is 31.0. The molecule has 3 heterocycles. The van der Waals surface area contributed by atoms with E-state index in [1.807, 2.05) is 0 Å². The van der Waals surface area contributed by atoms with Crippen LogP contribution in [0, 0.1) is 5.82 Å². The van der Waals surface area contributed by atoms with Gasteiger partial charge in [0.2, 0.25) is 18.5 Å². The Morgan fingerprint density at radius 3 is 2.65 bits per heavy atom. The van der Waals surface area contributed by atoms with Crippen LogP contribution in [0.4, 0.5) is 4.39 Å². The first-order chi connectivity index (χ1) is 15.2. The first-order valence-corrected chi connectivity index (χ1v) is 10.7.